The molecular weight excluding hydrogens is 234 g/mol. The van der Waals surface area contributed by atoms with Crippen LogP contribution >= 0.6 is 11.6 Å². The first-order valence-electron chi connectivity index (χ1n) is 5.65. The van der Waals surface area contributed by atoms with Crippen molar-refractivity contribution in [2.24, 2.45) is 11.8 Å². The zero-order valence-electron chi connectivity index (χ0n) is 8.86. The number of rotatable bonds is 7. The smallest absolute Gasteiger partial charge is 0.212 e. The van der Waals surface area contributed by atoms with Gasteiger partial charge < -0.3 is 0 Å². The Morgan fingerprint density at radius 1 is 1.07 bits per heavy atom. The summed E-state index contributed by atoms with van der Waals surface area (Å²) >= 11 is 5.53. The number of sulfonamides is 1. The van der Waals surface area contributed by atoms with Crippen LogP contribution in [0, 0.1) is 11.8 Å². The van der Waals surface area contributed by atoms with Crippen molar-refractivity contribution in [1.82, 2.24) is 4.31 Å². The first-order chi connectivity index (χ1) is 7.12. The average molecular weight is 252 g/mol. The van der Waals surface area contributed by atoms with E-state index in [1.54, 1.807) is 4.31 Å². The SMILES string of the molecule is O=S(=O)(CCCl)N(CC1CC1)CC1CC1. The van der Waals surface area contributed by atoms with Crippen LogP contribution in [-0.4, -0.2) is 37.4 Å². The minimum absolute atomic E-state index is 0.0913. The first-order valence-corrected chi connectivity index (χ1v) is 7.80. The Morgan fingerprint density at radius 3 is 1.87 bits per heavy atom. The van der Waals surface area contributed by atoms with Crippen molar-refractivity contribution in [2.75, 3.05) is 24.7 Å². The van der Waals surface area contributed by atoms with Gasteiger partial charge in [-0.15, -0.1) is 11.6 Å². The summed E-state index contributed by atoms with van der Waals surface area (Å²) in [7, 11) is -3.08. The van der Waals surface area contributed by atoms with Crippen LogP contribution in [0.5, 0.6) is 0 Å². The molecule has 0 aliphatic heterocycles. The summed E-state index contributed by atoms with van der Waals surface area (Å²) in [5.41, 5.74) is 0. The molecule has 2 aliphatic carbocycles. The minimum atomic E-state index is -3.08. The van der Waals surface area contributed by atoms with Crippen LogP contribution in [0.25, 0.3) is 0 Å². The fourth-order valence-corrected chi connectivity index (χ4v) is 3.62. The molecule has 0 bridgehead atoms. The molecule has 0 radical (unpaired) electrons. The third kappa shape index (κ3) is 3.61. The largest absolute Gasteiger partial charge is 0.215 e. The highest BCUT2D eigenvalue weighted by atomic mass is 35.5. The Balaban J connectivity index is 1.94. The van der Waals surface area contributed by atoms with Crippen LogP contribution in [0.1, 0.15) is 25.7 Å². The molecule has 0 heterocycles. The Bertz CT molecular complexity index is 295. The highest BCUT2D eigenvalue weighted by Gasteiger charge is 2.34. The third-order valence-electron chi connectivity index (χ3n) is 3.05. The van der Waals surface area contributed by atoms with Crippen molar-refractivity contribution in [1.29, 1.82) is 0 Å². The Morgan fingerprint density at radius 2 is 1.53 bits per heavy atom. The van der Waals surface area contributed by atoms with E-state index in [0.29, 0.717) is 11.8 Å². The van der Waals surface area contributed by atoms with Gasteiger partial charge in [-0.1, -0.05) is 0 Å². The fraction of sp³-hybridized carbons (Fsp3) is 1.00. The molecule has 0 atom stereocenters. The number of hydrogen-bond acceptors (Lipinski definition) is 2. The molecule has 0 unspecified atom stereocenters. The minimum Gasteiger partial charge on any atom is -0.212 e. The van der Waals surface area contributed by atoms with Gasteiger partial charge in [-0.3, -0.25) is 0 Å². The molecule has 2 rings (SSSR count). The molecule has 15 heavy (non-hydrogen) atoms. The summed E-state index contributed by atoms with van der Waals surface area (Å²) in [5.74, 6) is 1.53. The maximum atomic E-state index is 11.9. The summed E-state index contributed by atoms with van der Waals surface area (Å²) in [6.45, 7) is 1.46. The standard InChI is InChI=1S/C10H18ClNO2S/c11-5-6-15(13,14)12(7-9-1-2-9)8-10-3-4-10/h9-10H,1-8H2. The Hall–Kier alpha value is 0.200. The van der Waals surface area contributed by atoms with Crippen LogP contribution in [-0.2, 0) is 10.0 Å². The lowest BCUT2D eigenvalue weighted by atomic mass is 10.4. The van der Waals surface area contributed by atoms with Crippen LogP contribution in [0.4, 0.5) is 0 Å². The van der Waals surface area contributed by atoms with E-state index in [9.17, 15) is 8.42 Å². The lowest BCUT2D eigenvalue weighted by Crippen LogP contribution is -2.36. The van der Waals surface area contributed by atoms with E-state index in [2.05, 4.69) is 0 Å². The number of alkyl halides is 1. The van der Waals surface area contributed by atoms with Gasteiger partial charge >= 0.3 is 0 Å². The molecule has 0 N–H and O–H groups in total. The Kier molecular flexibility index (Phi) is 3.58. The molecule has 0 aromatic carbocycles. The van der Waals surface area contributed by atoms with Crippen molar-refractivity contribution >= 4 is 21.6 Å². The van der Waals surface area contributed by atoms with E-state index < -0.39 is 10.0 Å². The quantitative estimate of drug-likeness (QED) is 0.646. The lowest BCUT2D eigenvalue weighted by molar-refractivity contribution is 0.383. The first kappa shape index (κ1) is 11.7. The monoisotopic (exact) mass is 251 g/mol. The van der Waals surface area contributed by atoms with Gasteiger partial charge in [0.1, 0.15) is 0 Å². The topological polar surface area (TPSA) is 37.4 Å². The highest BCUT2D eigenvalue weighted by molar-refractivity contribution is 7.89. The molecule has 0 aromatic rings. The summed E-state index contributed by atoms with van der Waals surface area (Å²) in [6.07, 6.45) is 4.77. The van der Waals surface area contributed by atoms with E-state index in [0.717, 1.165) is 13.1 Å². The van der Waals surface area contributed by atoms with Gasteiger partial charge in [0, 0.05) is 19.0 Å². The van der Waals surface area contributed by atoms with E-state index >= 15 is 0 Å². The number of halogens is 1. The maximum Gasteiger partial charge on any atom is 0.215 e. The van der Waals surface area contributed by atoms with Crippen LogP contribution in [0.3, 0.4) is 0 Å². The predicted molar refractivity (Wildman–Crippen MR) is 61.5 cm³/mol. The second-order valence-electron chi connectivity index (χ2n) is 4.71. The van der Waals surface area contributed by atoms with Crippen molar-refractivity contribution in [3.63, 3.8) is 0 Å². The van der Waals surface area contributed by atoms with Crippen molar-refractivity contribution in [3.8, 4) is 0 Å². The van der Waals surface area contributed by atoms with Gasteiger partial charge in [-0.2, -0.15) is 0 Å². The van der Waals surface area contributed by atoms with Crippen molar-refractivity contribution in [2.45, 2.75) is 25.7 Å². The van der Waals surface area contributed by atoms with Gasteiger partial charge in [0.2, 0.25) is 10.0 Å². The normalized spacial score (nSPS) is 22.3. The average Bonchev–Trinajstić information content (AvgIpc) is 2.96. The molecule has 88 valence electrons. The second kappa shape index (κ2) is 4.60. The van der Waals surface area contributed by atoms with E-state index in [1.165, 1.54) is 25.7 Å². The maximum absolute atomic E-state index is 11.9. The number of hydrogen-bond donors (Lipinski definition) is 0. The summed E-state index contributed by atoms with van der Waals surface area (Å²) in [5, 5.41) is 0. The molecule has 2 saturated carbocycles. The molecular formula is C10H18ClNO2S. The molecule has 0 spiro atoms. The molecule has 3 nitrogen and oxygen atoms in total. The molecule has 2 aliphatic rings. The fourth-order valence-electron chi connectivity index (χ4n) is 1.71. The van der Waals surface area contributed by atoms with Crippen molar-refractivity contribution < 1.29 is 8.42 Å². The van der Waals surface area contributed by atoms with Gasteiger partial charge in [-0.25, -0.2) is 12.7 Å². The molecule has 0 aromatic heterocycles. The molecule has 0 amide bonds. The molecule has 2 fully saturated rings. The molecule has 5 heteroatoms. The van der Waals surface area contributed by atoms with E-state index in [4.69, 9.17) is 11.6 Å². The van der Waals surface area contributed by atoms with Crippen molar-refractivity contribution in [3.05, 3.63) is 0 Å². The van der Waals surface area contributed by atoms with Gasteiger partial charge in [0.25, 0.3) is 0 Å². The second-order valence-corrected chi connectivity index (χ2v) is 7.18. The summed E-state index contributed by atoms with van der Waals surface area (Å²) < 4.78 is 25.5. The lowest BCUT2D eigenvalue weighted by Gasteiger charge is -2.21. The van der Waals surface area contributed by atoms with Crippen LogP contribution < -0.4 is 0 Å². The third-order valence-corrected chi connectivity index (χ3v) is 5.26. The Labute approximate surface area is 96.8 Å². The van der Waals surface area contributed by atoms with Gasteiger partial charge in [-0.05, 0) is 37.5 Å². The summed E-state index contributed by atoms with van der Waals surface area (Å²) in [4.78, 5) is 0. The highest BCUT2D eigenvalue weighted by Crippen LogP contribution is 2.34. The predicted octanol–water partition coefficient (Wildman–Crippen LogP) is 1.68. The van der Waals surface area contributed by atoms with E-state index in [-0.39, 0.29) is 11.6 Å². The zero-order chi connectivity index (χ0) is 10.9. The van der Waals surface area contributed by atoms with Gasteiger partial charge in [0.15, 0.2) is 0 Å². The van der Waals surface area contributed by atoms with E-state index in [1.807, 2.05) is 0 Å². The summed E-state index contributed by atoms with van der Waals surface area (Å²) in [6, 6.07) is 0. The number of nitrogens with zero attached hydrogens (tertiary/aromatic N) is 1. The van der Waals surface area contributed by atoms with Crippen LogP contribution in [0.2, 0.25) is 0 Å². The molecule has 0 saturated heterocycles. The van der Waals surface area contributed by atoms with Gasteiger partial charge in [0.05, 0.1) is 5.75 Å². The zero-order valence-corrected chi connectivity index (χ0v) is 10.4. The van der Waals surface area contributed by atoms with Crippen LogP contribution in [0.15, 0.2) is 0 Å².